The second kappa shape index (κ2) is 4.67. The van der Waals surface area contributed by atoms with Crippen LogP contribution >= 0.6 is 0 Å². The Morgan fingerprint density at radius 3 is 3.13 bits per heavy atom. The van der Waals surface area contributed by atoms with E-state index in [1.807, 2.05) is 6.07 Å². The van der Waals surface area contributed by atoms with Crippen LogP contribution in [-0.4, -0.2) is 18.2 Å². The first-order valence-corrected chi connectivity index (χ1v) is 5.84. The molecule has 1 aliphatic rings. The second-order valence-electron chi connectivity index (χ2n) is 4.24. The average Bonchev–Trinajstić information content (AvgIpc) is 2.27. The molecule has 82 valence electrons. The SMILES string of the molecule is CCNCC1CCCc2c(O)cccc21. The van der Waals surface area contributed by atoms with Crippen LogP contribution in [-0.2, 0) is 6.42 Å². The Labute approximate surface area is 91.3 Å². The van der Waals surface area contributed by atoms with Gasteiger partial charge in [0.15, 0.2) is 0 Å². The van der Waals surface area contributed by atoms with Crippen molar-refractivity contribution < 1.29 is 5.11 Å². The maximum absolute atomic E-state index is 9.78. The van der Waals surface area contributed by atoms with E-state index in [0.717, 1.165) is 19.5 Å². The van der Waals surface area contributed by atoms with Gasteiger partial charge in [-0.05, 0) is 48.9 Å². The highest BCUT2D eigenvalue weighted by atomic mass is 16.3. The second-order valence-corrected chi connectivity index (χ2v) is 4.24. The third-order valence-electron chi connectivity index (χ3n) is 3.25. The van der Waals surface area contributed by atoms with Crippen LogP contribution in [0.1, 0.15) is 36.8 Å². The molecule has 1 unspecified atom stereocenters. The van der Waals surface area contributed by atoms with Gasteiger partial charge < -0.3 is 10.4 Å². The zero-order valence-corrected chi connectivity index (χ0v) is 9.29. The number of fused-ring (bicyclic) bond motifs is 1. The molecular formula is C13H19NO. The summed E-state index contributed by atoms with van der Waals surface area (Å²) in [5.74, 6) is 1.06. The summed E-state index contributed by atoms with van der Waals surface area (Å²) in [6, 6.07) is 5.92. The van der Waals surface area contributed by atoms with E-state index in [0.29, 0.717) is 11.7 Å². The molecule has 0 saturated heterocycles. The number of aromatic hydroxyl groups is 1. The lowest BCUT2D eigenvalue weighted by molar-refractivity contribution is 0.449. The highest BCUT2D eigenvalue weighted by molar-refractivity contribution is 5.42. The lowest BCUT2D eigenvalue weighted by Gasteiger charge is -2.26. The molecule has 0 fully saturated rings. The van der Waals surface area contributed by atoms with E-state index in [2.05, 4.69) is 18.3 Å². The molecule has 15 heavy (non-hydrogen) atoms. The molecule has 1 atom stereocenters. The predicted molar refractivity (Wildman–Crippen MR) is 62.3 cm³/mol. The molecule has 0 aromatic heterocycles. The van der Waals surface area contributed by atoms with E-state index in [4.69, 9.17) is 0 Å². The van der Waals surface area contributed by atoms with Crippen molar-refractivity contribution in [3.63, 3.8) is 0 Å². The molecule has 0 amide bonds. The van der Waals surface area contributed by atoms with Crippen molar-refractivity contribution >= 4 is 0 Å². The number of rotatable bonds is 3. The standard InChI is InChI=1S/C13H19NO/c1-2-14-9-10-5-3-7-12-11(10)6-4-8-13(12)15/h4,6,8,10,14-15H,2-3,5,7,9H2,1H3. The van der Waals surface area contributed by atoms with Gasteiger partial charge in [0.1, 0.15) is 5.75 Å². The van der Waals surface area contributed by atoms with Crippen LogP contribution < -0.4 is 5.32 Å². The van der Waals surface area contributed by atoms with Gasteiger partial charge in [-0.2, -0.15) is 0 Å². The molecule has 0 aliphatic heterocycles. The highest BCUT2D eigenvalue weighted by Crippen LogP contribution is 2.35. The van der Waals surface area contributed by atoms with Crippen LogP contribution in [0.3, 0.4) is 0 Å². The fraction of sp³-hybridized carbons (Fsp3) is 0.538. The molecule has 2 nitrogen and oxygen atoms in total. The van der Waals surface area contributed by atoms with Gasteiger partial charge in [0.05, 0.1) is 0 Å². The van der Waals surface area contributed by atoms with Crippen molar-refractivity contribution in [2.24, 2.45) is 0 Å². The van der Waals surface area contributed by atoms with E-state index in [1.165, 1.54) is 24.0 Å². The van der Waals surface area contributed by atoms with Crippen LogP contribution in [0.2, 0.25) is 0 Å². The van der Waals surface area contributed by atoms with E-state index in [-0.39, 0.29) is 0 Å². The number of likely N-dealkylation sites (N-methyl/N-ethyl adjacent to an activating group) is 1. The molecule has 2 rings (SSSR count). The number of phenols is 1. The smallest absolute Gasteiger partial charge is 0.119 e. The number of nitrogens with one attached hydrogen (secondary N) is 1. The Bertz CT molecular complexity index is 335. The minimum absolute atomic E-state index is 0.480. The molecule has 0 saturated carbocycles. The number of phenolic OH excluding ortho intramolecular Hbond substituents is 1. The molecule has 2 N–H and O–H groups in total. The van der Waals surface area contributed by atoms with Crippen LogP contribution in [0.4, 0.5) is 0 Å². The molecule has 0 heterocycles. The van der Waals surface area contributed by atoms with Gasteiger partial charge in [-0.1, -0.05) is 19.1 Å². The molecule has 1 aromatic rings. The quantitative estimate of drug-likeness (QED) is 0.794. The minimum Gasteiger partial charge on any atom is -0.508 e. The third-order valence-corrected chi connectivity index (χ3v) is 3.25. The van der Waals surface area contributed by atoms with Gasteiger partial charge in [0.25, 0.3) is 0 Å². The van der Waals surface area contributed by atoms with Gasteiger partial charge in [0, 0.05) is 6.54 Å². The number of hydrogen-bond acceptors (Lipinski definition) is 2. The van der Waals surface area contributed by atoms with E-state index in [9.17, 15) is 5.11 Å². The number of benzene rings is 1. The first-order chi connectivity index (χ1) is 7.33. The van der Waals surface area contributed by atoms with Crippen molar-refractivity contribution in [2.75, 3.05) is 13.1 Å². The Morgan fingerprint density at radius 1 is 1.47 bits per heavy atom. The largest absolute Gasteiger partial charge is 0.508 e. The maximum atomic E-state index is 9.78. The summed E-state index contributed by atoms with van der Waals surface area (Å²) >= 11 is 0. The summed E-state index contributed by atoms with van der Waals surface area (Å²) in [6.07, 6.45) is 3.47. The van der Waals surface area contributed by atoms with Crippen molar-refractivity contribution in [3.05, 3.63) is 29.3 Å². The Hall–Kier alpha value is -1.02. The predicted octanol–water partition coefficient (Wildman–Crippen LogP) is 2.42. The van der Waals surface area contributed by atoms with Crippen LogP contribution in [0.25, 0.3) is 0 Å². The van der Waals surface area contributed by atoms with Crippen molar-refractivity contribution in [2.45, 2.75) is 32.1 Å². The van der Waals surface area contributed by atoms with Gasteiger partial charge in [-0.25, -0.2) is 0 Å². The fourth-order valence-corrected chi connectivity index (χ4v) is 2.46. The summed E-state index contributed by atoms with van der Waals surface area (Å²) in [4.78, 5) is 0. The zero-order chi connectivity index (χ0) is 10.7. The first-order valence-electron chi connectivity index (χ1n) is 5.84. The monoisotopic (exact) mass is 205 g/mol. The summed E-state index contributed by atoms with van der Waals surface area (Å²) in [7, 11) is 0. The van der Waals surface area contributed by atoms with E-state index < -0.39 is 0 Å². The highest BCUT2D eigenvalue weighted by Gasteiger charge is 2.21. The molecule has 1 aliphatic carbocycles. The Morgan fingerprint density at radius 2 is 2.33 bits per heavy atom. The Kier molecular flexibility index (Phi) is 3.27. The zero-order valence-electron chi connectivity index (χ0n) is 9.29. The van der Waals surface area contributed by atoms with E-state index >= 15 is 0 Å². The molecule has 0 spiro atoms. The first kappa shape index (κ1) is 10.5. The fourth-order valence-electron chi connectivity index (χ4n) is 2.46. The molecule has 0 bridgehead atoms. The molecule has 0 radical (unpaired) electrons. The lowest BCUT2D eigenvalue weighted by atomic mass is 9.82. The van der Waals surface area contributed by atoms with Gasteiger partial charge in [-0.15, -0.1) is 0 Å². The van der Waals surface area contributed by atoms with Crippen molar-refractivity contribution in [1.82, 2.24) is 5.32 Å². The topological polar surface area (TPSA) is 32.3 Å². The van der Waals surface area contributed by atoms with Crippen LogP contribution in [0.15, 0.2) is 18.2 Å². The van der Waals surface area contributed by atoms with Gasteiger partial charge >= 0.3 is 0 Å². The lowest BCUT2D eigenvalue weighted by Crippen LogP contribution is -2.24. The molecule has 2 heteroatoms. The Balaban J connectivity index is 2.22. The van der Waals surface area contributed by atoms with Gasteiger partial charge in [0.2, 0.25) is 0 Å². The molecule has 1 aromatic carbocycles. The summed E-state index contributed by atoms with van der Waals surface area (Å²) in [6.45, 7) is 4.18. The van der Waals surface area contributed by atoms with Crippen molar-refractivity contribution in [1.29, 1.82) is 0 Å². The van der Waals surface area contributed by atoms with Gasteiger partial charge in [-0.3, -0.25) is 0 Å². The summed E-state index contributed by atoms with van der Waals surface area (Å²) in [5.41, 5.74) is 2.52. The number of hydrogen-bond donors (Lipinski definition) is 2. The normalized spacial score (nSPS) is 19.9. The maximum Gasteiger partial charge on any atom is 0.119 e. The van der Waals surface area contributed by atoms with E-state index in [1.54, 1.807) is 6.07 Å². The third kappa shape index (κ3) is 2.15. The van der Waals surface area contributed by atoms with Crippen LogP contribution in [0, 0.1) is 0 Å². The average molecular weight is 205 g/mol. The summed E-state index contributed by atoms with van der Waals surface area (Å²) in [5, 5.41) is 13.2. The van der Waals surface area contributed by atoms with Crippen molar-refractivity contribution in [3.8, 4) is 5.75 Å². The van der Waals surface area contributed by atoms with Crippen LogP contribution in [0.5, 0.6) is 5.75 Å². The summed E-state index contributed by atoms with van der Waals surface area (Å²) < 4.78 is 0. The molecular weight excluding hydrogens is 186 g/mol. The minimum atomic E-state index is 0.480.